The molecule has 0 saturated heterocycles. The lowest BCUT2D eigenvalue weighted by molar-refractivity contribution is -0.134. The molecular weight excluding hydrogens is 266 g/mol. The number of benzene rings is 1. The van der Waals surface area contributed by atoms with Gasteiger partial charge < -0.3 is 20.3 Å². The van der Waals surface area contributed by atoms with Crippen molar-refractivity contribution in [2.24, 2.45) is 5.92 Å². The Morgan fingerprint density at radius 3 is 2.57 bits per heavy atom. The van der Waals surface area contributed by atoms with E-state index in [1.54, 1.807) is 18.2 Å². The van der Waals surface area contributed by atoms with Crippen LogP contribution in [-0.4, -0.2) is 56.0 Å². The summed E-state index contributed by atoms with van der Waals surface area (Å²) in [7, 11) is 4.00. The quantitative estimate of drug-likeness (QED) is 0.741. The Morgan fingerprint density at radius 2 is 2.00 bits per heavy atom. The average molecular weight is 293 g/mol. The molecule has 0 bridgehead atoms. The maximum absolute atomic E-state index is 12.3. The Balaban J connectivity index is 2.54. The first-order valence-corrected chi connectivity index (χ1v) is 7.29. The van der Waals surface area contributed by atoms with Gasteiger partial charge in [0.05, 0.1) is 0 Å². The van der Waals surface area contributed by atoms with Crippen LogP contribution in [0.25, 0.3) is 0 Å². The van der Waals surface area contributed by atoms with Gasteiger partial charge in [-0.1, -0.05) is 19.9 Å². The van der Waals surface area contributed by atoms with Crippen LogP contribution < -0.4 is 10.5 Å². The summed E-state index contributed by atoms with van der Waals surface area (Å²) in [6, 6.07) is 7.13. The van der Waals surface area contributed by atoms with Crippen molar-refractivity contribution in [3.63, 3.8) is 0 Å². The fourth-order valence-electron chi connectivity index (χ4n) is 1.92. The lowest BCUT2D eigenvalue weighted by Gasteiger charge is -2.26. The smallest absolute Gasteiger partial charge is 0.260 e. The molecule has 0 aliphatic carbocycles. The van der Waals surface area contributed by atoms with Crippen LogP contribution in [0.5, 0.6) is 5.75 Å². The summed E-state index contributed by atoms with van der Waals surface area (Å²) in [5, 5.41) is 0. The summed E-state index contributed by atoms with van der Waals surface area (Å²) < 4.78 is 5.53. The number of amides is 1. The number of likely N-dealkylation sites (N-methyl/N-ethyl adjacent to an activating group) is 1. The van der Waals surface area contributed by atoms with Gasteiger partial charge in [-0.3, -0.25) is 4.79 Å². The van der Waals surface area contributed by atoms with Crippen molar-refractivity contribution in [3.05, 3.63) is 24.3 Å². The van der Waals surface area contributed by atoms with E-state index in [0.717, 1.165) is 13.1 Å². The van der Waals surface area contributed by atoms with Gasteiger partial charge in [-0.05, 0) is 32.1 Å². The lowest BCUT2D eigenvalue weighted by Crippen LogP contribution is -2.41. The first kappa shape index (κ1) is 17.3. The summed E-state index contributed by atoms with van der Waals surface area (Å²) in [4.78, 5) is 16.2. The third kappa shape index (κ3) is 6.99. The molecule has 0 spiro atoms. The molecule has 0 heterocycles. The van der Waals surface area contributed by atoms with Crippen LogP contribution >= 0.6 is 0 Å². The second kappa shape index (κ2) is 8.52. The van der Waals surface area contributed by atoms with Crippen molar-refractivity contribution < 1.29 is 9.53 Å². The molecule has 0 atom stereocenters. The molecule has 2 N–H and O–H groups in total. The largest absolute Gasteiger partial charge is 0.484 e. The van der Waals surface area contributed by atoms with Crippen LogP contribution in [-0.2, 0) is 4.79 Å². The zero-order valence-electron chi connectivity index (χ0n) is 13.5. The normalized spacial score (nSPS) is 11.0. The number of nitrogen functional groups attached to an aromatic ring is 1. The van der Waals surface area contributed by atoms with E-state index in [1.807, 2.05) is 25.1 Å². The second-order valence-corrected chi connectivity index (χ2v) is 5.90. The van der Waals surface area contributed by atoms with E-state index in [1.165, 1.54) is 0 Å². The average Bonchev–Trinajstić information content (AvgIpc) is 2.40. The number of ether oxygens (including phenoxy) is 1. The van der Waals surface area contributed by atoms with E-state index in [-0.39, 0.29) is 12.5 Å². The molecule has 0 aliphatic rings. The maximum atomic E-state index is 12.3. The summed E-state index contributed by atoms with van der Waals surface area (Å²) in [5.41, 5.74) is 6.32. The molecule has 5 nitrogen and oxygen atoms in total. The minimum Gasteiger partial charge on any atom is -0.484 e. The molecule has 0 saturated carbocycles. The second-order valence-electron chi connectivity index (χ2n) is 5.90. The van der Waals surface area contributed by atoms with Gasteiger partial charge in [0.1, 0.15) is 5.75 Å². The molecule has 1 rings (SSSR count). The van der Waals surface area contributed by atoms with Gasteiger partial charge in [0.25, 0.3) is 5.91 Å². The summed E-state index contributed by atoms with van der Waals surface area (Å²) in [6.07, 6.45) is 0. The van der Waals surface area contributed by atoms with Crippen molar-refractivity contribution in [2.45, 2.75) is 13.8 Å². The first-order chi connectivity index (χ1) is 9.88. The zero-order valence-corrected chi connectivity index (χ0v) is 13.5. The van der Waals surface area contributed by atoms with Crippen LogP contribution in [0.2, 0.25) is 0 Å². The van der Waals surface area contributed by atoms with Crippen LogP contribution in [0.1, 0.15) is 13.8 Å². The van der Waals surface area contributed by atoms with Crippen LogP contribution in [0.15, 0.2) is 24.3 Å². The van der Waals surface area contributed by atoms with Gasteiger partial charge >= 0.3 is 0 Å². The van der Waals surface area contributed by atoms with Crippen LogP contribution in [0, 0.1) is 5.92 Å². The number of hydrogen-bond donors (Lipinski definition) is 1. The van der Waals surface area contributed by atoms with Crippen LogP contribution in [0.3, 0.4) is 0 Å². The molecule has 1 amide bonds. The minimum absolute atomic E-state index is 0.00738. The van der Waals surface area contributed by atoms with Crippen molar-refractivity contribution in [1.82, 2.24) is 9.80 Å². The Morgan fingerprint density at radius 1 is 1.29 bits per heavy atom. The van der Waals surface area contributed by atoms with E-state index in [9.17, 15) is 4.79 Å². The highest BCUT2D eigenvalue weighted by Gasteiger charge is 2.15. The van der Waals surface area contributed by atoms with Gasteiger partial charge in [0.15, 0.2) is 6.61 Å². The number of carbonyl (C=O) groups is 1. The summed E-state index contributed by atoms with van der Waals surface area (Å²) in [5.74, 6) is 1.07. The molecule has 0 unspecified atom stereocenters. The molecule has 0 radical (unpaired) electrons. The molecule has 0 aromatic heterocycles. The monoisotopic (exact) mass is 293 g/mol. The van der Waals surface area contributed by atoms with E-state index in [4.69, 9.17) is 10.5 Å². The number of carbonyl (C=O) groups excluding carboxylic acids is 1. The van der Waals surface area contributed by atoms with Gasteiger partial charge in [0.2, 0.25) is 0 Å². The molecule has 1 aromatic carbocycles. The van der Waals surface area contributed by atoms with Gasteiger partial charge in [-0.15, -0.1) is 0 Å². The standard InChI is InChI=1S/C16H27N3O2/c1-13(2)11-19(9-8-18(3)4)16(20)12-21-15-7-5-6-14(17)10-15/h5-7,10,13H,8-9,11-12,17H2,1-4H3. The number of rotatable bonds is 8. The van der Waals surface area contributed by atoms with Crippen molar-refractivity contribution in [1.29, 1.82) is 0 Å². The number of anilines is 1. The first-order valence-electron chi connectivity index (χ1n) is 7.29. The number of hydrogen-bond acceptors (Lipinski definition) is 4. The Labute approximate surface area is 127 Å². The molecule has 118 valence electrons. The zero-order chi connectivity index (χ0) is 15.8. The van der Waals surface area contributed by atoms with Crippen LogP contribution in [0.4, 0.5) is 5.69 Å². The van der Waals surface area contributed by atoms with E-state index >= 15 is 0 Å². The highest BCUT2D eigenvalue weighted by Crippen LogP contribution is 2.14. The Kier molecular flexibility index (Phi) is 7.02. The molecule has 0 fully saturated rings. The highest BCUT2D eigenvalue weighted by molar-refractivity contribution is 5.77. The highest BCUT2D eigenvalue weighted by atomic mass is 16.5. The minimum atomic E-state index is 0.00738. The number of nitrogens with two attached hydrogens (primary N) is 1. The molecule has 1 aromatic rings. The Hall–Kier alpha value is -1.75. The summed E-state index contributed by atoms with van der Waals surface area (Å²) in [6.45, 7) is 6.56. The van der Waals surface area contributed by atoms with Crippen molar-refractivity contribution >= 4 is 11.6 Å². The van der Waals surface area contributed by atoms with Gasteiger partial charge in [0, 0.05) is 31.4 Å². The van der Waals surface area contributed by atoms with Crippen molar-refractivity contribution in [3.8, 4) is 5.75 Å². The Bertz CT molecular complexity index is 447. The fraction of sp³-hybridized carbons (Fsp3) is 0.562. The molecular formula is C16H27N3O2. The number of nitrogens with zero attached hydrogens (tertiary/aromatic N) is 2. The third-order valence-corrected chi connectivity index (χ3v) is 2.98. The molecule has 21 heavy (non-hydrogen) atoms. The fourth-order valence-corrected chi connectivity index (χ4v) is 1.92. The predicted molar refractivity (Wildman–Crippen MR) is 86.3 cm³/mol. The maximum Gasteiger partial charge on any atom is 0.260 e. The topological polar surface area (TPSA) is 58.8 Å². The van der Waals surface area contributed by atoms with E-state index < -0.39 is 0 Å². The molecule has 5 heteroatoms. The lowest BCUT2D eigenvalue weighted by atomic mass is 10.2. The van der Waals surface area contributed by atoms with E-state index in [0.29, 0.717) is 23.9 Å². The predicted octanol–water partition coefficient (Wildman–Crippen LogP) is 1.69. The van der Waals surface area contributed by atoms with Gasteiger partial charge in [-0.2, -0.15) is 0 Å². The van der Waals surface area contributed by atoms with E-state index in [2.05, 4.69) is 18.7 Å². The van der Waals surface area contributed by atoms with Crippen molar-refractivity contribution in [2.75, 3.05) is 46.1 Å². The summed E-state index contributed by atoms with van der Waals surface area (Å²) >= 11 is 0. The molecule has 0 aliphatic heterocycles. The van der Waals surface area contributed by atoms with Gasteiger partial charge in [-0.25, -0.2) is 0 Å². The third-order valence-electron chi connectivity index (χ3n) is 2.98. The SMILES string of the molecule is CC(C)CN(CCN(C)C)C(=O)COc1cccc(N)c1.